The Morgan fingerprint density at radius 1 is 0.479 bits per heavy atom. The average molecular weight is 626 g/mol. The minimum atomic E-state index is -0.233. The Hall–Kier alpha value is -5.50. The fraction of sp³-hybridized carbons (Fsp3) is 0.0952. The molecule has 1 fully saturated rings. The molecule has 2 aliphatic rings. The van der Waals surface area contributed by atoms with Gasteiger partial charge in [0.05, 0.1) is 11.0 Å². The van der Waals surface area contributed by atoms with Crippen LogP contribution in [-0.4, -0.2) is 4.57 Å². The van der Waals surface area contributed by atoms with Crippen LogP contribution in [-0.2, 0) is 4.74 Å². The summed E-state index contributed by atoms with van der Waals surface area (Å²) in [7, 11) is 0. The Balaban J connectivity index is 1.09. The van der Waals surface area contributed by atoms with Gasteiger partial charge in [-0.2, -0.15) is 0 Å². The van der Waals surface area contributed by atoms with E-state index in [1.54, 1.807) is 0 Å². The second-order valence-corrected chi connectivity index (χ2v) is 12.4. The standard InChI is InChI=1S/C42H35N5O/c1-4-12-29(13-5-1)36-27-39(44-40(43-36)30-14-6-2-7-15-30)47-37-19-11-10-18-34(37)35-25-24-33(26-38(35)47)28-20-22-32(23-21-28)42-46-45-41(48-42)31-16-8-3-9-17-31/h1-27,39-46H. The van der Waals surface area contributed by atoms with Gasteiger partial charge in [0.15, 0.2) is 0 Å². The lowest BCUT2D eigenvalue weighted by Gasteiger charge is -2.34. The van der Waals surface area contributed by atoms with Gasteiger partial charge in [-0.25, -0.2) is 10.9 Å². The van der Waals surface area contributed by atoms with Gasteiger partial charge < -0.3 is 14.6 Å². The summed E-state index contributed by atoms with van der Waals surface area (Å²) in [6, 6.07) is 55.6. The molecule has 9 rings (SSSR count). The quantitative estimate of drug-likeness (QED) is 0.149. The van der Waals surface area contributed by atoms with Crippen LogP contribution in [0.4, 0.5) is 0 Å². The maximum absolute atomic E-state index is 6.29. The SMILES string of the molecule is C1=C(c2ccccc2)NC(c2ccccc2)NC1n1c2ccccc2c2ccc(-c3ccc(C4NNC(c5ccccc5)O4)cc3)cc21. The third kappa shape index (κ3) is 5.27. The van der Waals surface area contributed by atoms with Crippen LogP contribution in [0, 0.1) is 0 Å². The van der Waals surface area contributed by atoms with Gasteiger partial charge in [-0.15, -0.1) is 0 Å². The summed E-state index contributed by atoms with van der Waals surface area (Å²) >= 11 is 0. The van der Waals surface area contributed by atoms with E-state index in [9.17, 15) is 0 Å². The van der Waals surface area contributed by atoms with E-state index in [1.807, 2.05) is 18.2 Å². The van der Waals surface area contributed by atoms with Gasteiger partial charge >= 0.3 is 0 Å². The van der Waals surface area contributed by atoms with Gasteiger partial charge in [0.2, 0.25) is 0 Å². The highest BCUT2D eigenvalue weighted by Gasteiger charge is 2.28. The topological polar surface area (TPSA) is 62.3 Å². The molecule has 0 aliphatic carbocycles. The number of fused-ring (bicyclic) bond motifs is 3. The molecule has 4 unspecified atom stereocenters. The molecular formula is C42H35N5O. The van der Waals surface area contributed by atoms with Crippen molar-refractivity contribution >= 4 is 27.5 Å². The molecule has 3 heterocycles. The van der Waals surface area contributed by atoms with E-state index in [-0.39, 0.29) is 24.8 Å². The first kappa shape index (κ1) is 28.7. The first-order valence-corrected chi connectivity index (χ1v) is 16.5. The summed E-state index contributed by atoms with van der Waals surface area (Å²) in [5.41, 5.74) is 16.9. The summed E-state index contributed by atoms with van der Waals surface area (Å²) in [4.78, 5) is 0. The molecule has 2 aliphatic heterocycles. The predicted molar refractivity (Wildman–Crippen MR) is 193 cm³/mol. The molecule has 4 N–H and O–H groups in total. The third-order valence-electron chi connectivity index (χ3n) is 9.44. The van der Waals surface area contributed by atoms with E-state index in [0.29, 0.717) is 0 Å². The summed E-state index contributed by atoms with van der Waals surface area (Å²) < 4.78 is 8.74. The first-order chi connectivity index (χ1) is 23.8. The van der Waals surface area contributed by atoms with Gasteiger partial charge in [-0.1, -0.05) is 146 Å². The number of para-hydroxylation sites is 1. The highest BCUT2D eigenvalue weighted by Crippen LogP contribution is 2.37. The Kier molecular flexibility index (Phi) is 7.33. The molecule has 234 valence electrons. The maximum atomic E-state index is 6.29. The number of aromatic nitrogens is 1. The van der Waals surface area contributed by atoms with Crippen LogP contribution in [0.5, 0.6) is 0 Å². The summed E-state index contributed by atoms with van der Waals surface area (Å²) in [6.45, 7) is 0. The van der Waals surface area contributed by atoms with Crippen molar-refractivity contribution in [3.8, 4) is 11.1 Å². The van der Waals surface area contributed by atoms with Crippen molar-refractivity contribution in [1.29, 1.82) is 0 Å². The molecule has 0 amide bonds. The third-order valence-corrected chi connectivity index (χ3v) is 9.44. The second kappa shape index (κ2) is 12.3. The summed E-state index contributed by atoms with van der Waals surface area (Å²) in [6.07, 6.45) is 1.73. The van der Waals surface area contributed by atoms with Crippen molar-refractivity contribution in [1.82, 2.24) is 26.1 Å². The first-order valence-electron chi connectivity index (χ1n) is 16.5. The largest absolute Gasteiger partial charge is 0.366 e. The fourth-order valence-corrected chi connectivity index (χ4v) is 7.03. The van der Waals surface area contributed by atoms with Gasteiger partial charge in [-0.05, 0) is 51.6 Å². The Labute approximate surface area is 279 Å². The van der Waals surface area contributed by atoms with E-state index in [4.69, 9.17) is 4.74 Å². The predicted octanol–water partition coefficient (Wildman–Crippen LogP) is 8.71. The molecule has 0 spiro atoms. The number of nitrogens with zero attached hydrogens (tertiary/aromatic N) is 1. The molecule has 48 heavy (non-hydrogen) atoms. The molecule has 4 atom stereocenters. The van der Waals surface area contributed by atoms with Crippen LogP contribution in [0.15, 0.2) is 164 Å². The van der Waals surface area contributed by atoms with Crippen molar-refractivity contribution < 1.29 is 4.74 Å². The number of nitrogens with one attached hydrogen (secondary N) is 4. The molecule has 6 nitrogen and oxygen atoms in total. The molecule has 7 aromatic rings. The molecule has 6 aromatic carbocycles. The minimum Gasteiger partial charge on any atom is -0.366 e. The van der Waals surface area contributed by atoms with E-state index >= 15 is 0 Å². The van der Waals surface area contributed by atoms with Crippen molar-refractivity contribution in [3.63, 3.8) is 0 Å². The van der Waals surface area contributed by atoms with Crippen LogP contribution >= 0.6 is 0 Å². The summed E-state index contributed by atoms with van der Waals surface area (Å²) in [5, 5.41) is 10.2. The average Bonchev–Trinajstić information content (AvgIpc) is 3.79. The van der Waals surface area contributed by atoms with Crippen LogP contribution in [0.2, 0.25) is 0 Å². The minimum absolute atomic E-state index is 0.0641. The number of hydrogen-bond acceptors (Lipinski definition) is 5. The van der Waals surface area contributed by atoms with E-state index in [1.165, 1.54) is 32.9 Å². The molecule has 1 saturated heterocycles. The van der Waals surface area contributed by atoms with Gasteiger partial charge in [0.25, 0.3) is 0 Å². The fourth-order valence-electron chi connectivity index (χ4n) is 7.03. The number of hydrazine groups is 1. The van der Waals surface area contributed by atoms with Crippen LogP contribution in [0.25, 0.3) is 38.6 Å². The lowest BCUT2D eigenvalue weighted by Crippen LogP contribution is -2.41. The smallest absolute Gasteiger partial charge is 0.149 e. The van der Waals surface area contributed by atoms with Crippen LogP contribution < -0.4 is 21.5 Å². The van der Waals surface area contributed by atoms with Crippen molar-refractivity contribution in [2.45, 2.75) is 24.8 Å². The number of ether oxygens (including phenoxy) is 1. The van der Waals surface area contributed by atoms with E-state index in [0.717, 1.165) is 28.0 Å². The van der Waals surface area contributed by atoms with Gasteiger partial charge in [0, 0.05) is 16.5 Å². The second-order valence-electron chi connectivity index (χ2n) is 12.4. The Morgan fingerprint density at radius 3 is 1.79 bits per heavy atom. The highest BCUT2D eigenvalue weighted by molar-refractivity contribution is 6.09. The molecule has 0 saturated carbocycles. The monoisotopic (exact) mass is 625 g/mol. The molecule has 6 heteroatoms. The molecule has 0 bridgehead atoms. The van der Waals surface area contributed by atoms with Crippen molar-refractivity contribution in [2.24, 2.45) is 0 Å². The zero-order chi connectivity index (χ0) is 31.9. The number of benzene rings is 6. The van der Waals surface area contributed by atoms with E-state index < -0.39 is 0 Å². The van der Waals surface area contributed by atoms with Crippen molar-refractivity contribution in [2.75, 3.05) is 0 Å². The molecule has 0 radical (unpaired) electrons. The number of hydrogen-bond donors (Lipinski definition) is 4. The normalized spacial score (nSPS) is 20.9. The van der Waals surface area contributed by atoms with Gasteiger partial charge in [-0.3, -0.25) is 5.32 Å². The van der Waals surface area contributed by atoms with Crippen molar-refractivity contribution in [3.05, 3.63) is 186 Å². The lowest BCUT2D eigenvalue weighted by atomic mass is 10.0. The number of rotatable bonds is 6. The Morgan fingerprint density at radius 2 is 1.06 bits per heavy atom. The lowest BCUT2D eigenvalue weighted by molar-refractivity contribution is 0.0341. The zero-order valence-electron chi connectivity index (χ0n) is 26.3. The van der Waals surface area contributed by atoms with Crippen LogP contribution in [0.1, 0.15) is 47.0 Å². The van der Waals surface area contributed by atoms with Crippen LogP contribution in [0.3, 0.4) is 0 Å². The summed E-state index contributed by atoms with van der Waals surface area (Å²) in [5.74, 6) is 0. The molecular weight excluding hydrogens is 590 g/mol. The highest BCUT2D eigenvalue weighted by atomic mass is 16.5. The zero-order valence-corrected chi connectivity index (χ0v) is 26.3. The molecule has 1 aromatic heterocycles. The Bertz CT molecular complexity index is 2230. The maximum Gasteiger partial charge on any atom is 0.149 e. The van der Waals surface area contributed by atoms with E-state index in [2.05, 4.69) is 172 Å². The van der Waals surface area contributed by atoms with Gasteiger partial charge in [0.1, 0.15) is 24.8 Å².